The summed E-state index contributed by atoms with van der Waals surface area (Å²) in [7, 11) is 0. The first-order valence-electron chi connectivity index (χ1n) is 8.13. The van der Waals surface area contributed by atoms with Gasteiger partial charge >= 0.3 is 0 Å². The summed E-state index contributed by atoms with van der Waals surface area (Å²) in [5, 5.41) is 7.64. The van der Waals surface area contributed by atoms with Gasteiger partial charge in [0.15, 0.2) is 0 Å². The Morgan fingerprint density at radius 1 is 1.33 bits per heavy atom. The number of nitrogens with zero attached hydrogens (tertiary/aromatic N) is 2. The standard InChI is InChI=1S/C16H24BrN3O/c1-11-5-6-13(7-11)8-18-15-14(17)9-19-20(16(15)21)10-12-3-2-4-12/h9,11-13,18H,2-8,10H2,1H3. The lowest BCUT2D eigenvalue weighted by atomic mass is 9.85. The monoisotopic (exact) mass is 353 g/mol. The van der Waals surface area contributed by atoms with Gasteiger partial charge in [-0.05, 0) is 59.4 Å². The van der Waals surface area contributed by atoms with Crippen molar-refractivity contribution >= 4 is 21.6 Å². The van der Waals surface area contributed by atoms with Crippen LogP contribution in [0, 0.1) is 17.8 Å². The molecular weight excluding hydrogens is 330 g/mol. The maximum Gasteiger partial charge on any atom is 0.291 e. The van der Waals surface area contributed by atoms with Gasteiger partial charge in [-0.1, -0.05) is 19.8 Å². The molecule has 1 N–H and O–H groups in total. The quantitative estimate of drug-likeness (QED) is 0.878. The van der Waals surface area contributed by atoms with Gasteiger partial charge in [-0.15, -0.1) is 0 Å². The molecule has 0 radical (unpaired) electrons. The normalized spacial score (nSPS) is 25.8. The third-order valence-corrected chi connectivity index (χ3v) is 5.63. The van der Waals surface area contributed by atoms with Crippen LogP contribution >= 0.6 is 15.9 Å². The Bertz CT molecular complexity index is 553. The van der Waals surface area contributed by atoms with Crippen LogP contribution in [0.15, 0.2) is 15.5 Å². The van der Waals surface area contributed by atoms with Gasteiger partial charge in [0, 0.05) is 13.1 Å². The Labute approximate surface area is 134 Å². The Morgan fingerprint density at radius 2 is 2.14 bits per heavy atom. The number of aromatic nitrogens is 2. The highest BCUT2D eigenvalue weighted by Crippen LogP contribution is 2.31. The number of rotatable bonds is 5. The SMILES string of the molecule is CC1CCC(CNc2c(Br)cnn(CC3CCC3)c2=O)C1. The van der Waals surface area contributed by atoms with E-state index in [-0.39, 0.29) is 5.56 Å². The Kier molecular flexibility index (Phi) is 4.67. The fraction of sp³-hybridized carbons (Fsp3) is 0.750. The first kappa shape index (κ1) is 15.1. The smallest absolute Gasteiger partial charge is 0.291 e. The molecule has 116 valence electrons. The lowest BCUT2D eigenvalue weighted by Gasteiger charge is -2.25. The molecule has 2 aliphatic carbocycles. The number of nitrogens with one attached hydrogen (secondary N) is 1. The zero-order valence-corrected chi connectivity index (χ0v) is 14.2. The summed E-state index contributed by atoms with van der Waals surface area (Å²) in [6, 6.07) is 0. The molecule has 0 spiro atoms. The maximum atomic E-state index is 12.5. The molecule has 0 aliphatic heterocycles. The average molecular weight is 354 g/mol. The molecule has 0 saturated heterocycles. The second-order valence-electron chi connectivity index (χ2n) is 6.82. The molecule has 2 atom stereocenters. The lowest BCUT2D eigenvalue weighted by Crippen LogP contribution is -2.31. The van der Waals surface area contributed by atoms with Gasteiger partial charge < -0.3 is 5.32 Å². The molecule has 2 fully saturated rings. The number of hydrogen-bond acceptors (Lipinski definition) is 3. The molecular formula is C16H24BrN3O. The summed E-state index contributed by atoms with van der Waals surface area (Å²) in [5.41, 5.74) is 0.700. The van der Waals surface area contributed by atoms with E-state index in [4.69, 9.17) is 0 Å². The largest absolute Gasteiger partial charge is 0.379 e. The molecule has 4 nitrogen and oxygen atoms in total. The molecule has 0 aromatic carbocycles. The van der Waals surface area contributed by atoms with Gasteiger partial charge in [-0.3, -0.25) is 4.79 Å². The minimum Gasteiger partial charge on any atom is -0.379 e. The van der Waals surface area contributed by atoms with E-state index < -0.39 is 0 Å². The molecule has 0 bridgehead atoms. The van der Waals surface area contributed by atoms with E-state index in [9.17, 15) is 4.79 Å². The summed E-state index contributed by atoms with van der Waals surface area (Å²) in [6.45, 7) is 3.97. The lowest BCUT2D eigenvalue weighted by molar-refractivity contribution is 0.262. The summed E-state index contributed by atoms with van der Waals surface area (Å²) in [6.07, 6.45) is 9.36. The predicted molar refractivity (Wildman–Crippen MR) is 88.5 cm³/mol. The minimum atomic E-state index is 0.0160. The maximum absolute atomic E-state index is 12.5. The van der Waals surface area contributed by atoms with Crippen LogP contribution in [0.3, 0.4) is 0 Å². The van der Waals surface area contributed by atoms with E-state index in [1.54, 1.807) is 10.9 Å². The summed E-state index contributed by atoms with van der Waals surface area (Å²) < 4.78 is 2.41. The molecule has 3 rings (SSSR count). The topological polar surface area (TPSA) is 46.9 Å². The van der Waals surface area contributed by atoms with Crippen molar-refractivity contribution in [3.05, 3.63) is 21.0 Å². The second kappa shape index (κ2) is 6.51. The van der Waals surface area contributed by atoms with Crippen LogP contribution in [-0.2, 0) is 6.54 Å². The van der Waals surface area contributed by atoms with E-state index in [1.165, 1.54) is 38.5 Å². The molecule has 2 aliphatic rings. The first-order chi connectivity index (χ1) is 10.1. The fourth-order valence-electron chi connectivity index (χ4n) is 3.44. The van der Waals surface area contributed by atoms with Crippen LogP contribution in [0.1, 0.15) is 45.4 Å². The van der Waals surface area contributed by atoms with Crippen LogP contribution in [0.4, 0.5) is 5.69 Å². The van der Waals surface area contributed by atoms with E-state index in [0.717, 1.165) is 23.5 Å². The molecule has 1 aromatic heterocycles. The summed E-state index contributed by atoms with van der Waals surface area (Å²) in [5.74, 6) is 2.16. The van der Waals surface area contributed by atoms with Crippen LogP contribution in [0.5, 0.6) is 0 Å². The minimum absolute atomic E-state index is 0.0160. The molecule has 21 heavy (non-hydrogen) atoms. The first-order valence-corrected chi connectivity index (χ1v) is 8.92. The third-order valence-electron chi connectivity index (χ3n) is 5.02. The van der Waals surface area contributed by atoms with Crippen molar-refractivity contribution in [3.63, 3.8) is 0 Å². The van der Waals surface area contributed by atoms with Gasteiger partial charge in [-0.2, -0.15) is 5.10 Å². The Morgan fingerprint density at radius 3 is 2.76 bits per heavy atom. The fourth-order valence-corrected chi connectivity index (χ4v) is 3.84. The summed E-state index contributed by atoms with van der Waals surface area (Å²) in [4.78, 5) is 12.5. The van der Waals surface area contributed by atoms with Gasteiger partial charge in [0.05, 0.1) is 10.7 Å². The zero-order valence-electron chi connectivity index (χ0n) is 12.6. The molecule has 2 unspecified atom stereocenters. The van der Waals surface area contributed by atoms with Crippen molar-refractivity contribution < 1.29 is 0 Å². The number of hydrogen-bond donors (Lipinski definition) is 1. The molecule has 5 heteroatoms. The van der Waals surface area contributed by atoms with Gasteiger partial charge in [0.1, 0.15) is 5.69 Å². The van der Waals surface area contributed by atoms with E-state index in [2.05, 4.69) is 33.3 Å². The Hall–Kier alpha value is -0.840. The highest BCUT2D eigenvalue weighted by Gasteiger charge is 2.23. The van der Waals surface area contributed by atoms with Crippen LogP contribution in [0.25, 0.3) is 0 Å². The van der Waals surface area contributed by atoms with Crippen molar-refractivity contribution in [3.8, 4) is 0 Å². The average Bonchev–Trinajstić information content (AvgIpc) is 2.81. The van der Waals surface area contributed by atoms with E-state index >= 15 is 0 Å². The van der Waals surface area contributed by atoms with E-state index in [0.29, 0.717) is 17.5 Å². The number of anilines is 1. The Balaban J connectivity index is 1.68. The second-order valence-corrected chi connectivity index (χ2v) is 7.67. The molecule has 0 amide bonds. The van der Waals surface area contributed by atoms with Crippen molar-refractivity contribution in [2.45, 2.75) is 52.0 Å². The molecule has 1 heterocycles. The number of halogens is 1. The summed E-state index contributed by atoms with van der Waals surface area (Å²) >= 11 is 3.46. The van der Waals surface area contributed by atoms with Gasteiger partial charge in [0.25, 0.3) is 5.56 Å². The predicted octanol–water partition coefficient (Wildman–Crippen LogP) is 3.65. The highest BCUT2D eigenvalue weighted by atomic mass is 79.9. The van der Waals surface area contributed by atoms with Crippen LogP contribution in [0.2, 0.25) is 0 Å². The zero-order chi connectivity index (χ0) is 14.8. The van der Waals surface area contributed by atoms with E-state index in [1.807, 2.05) is 0 Å². The molecule has 2 saturated carbocycles. The molecule has 1 aromatic rings. The van der Waals surface area contributed by atoms with Crippen molar-refractivity contribution in [2.24, 2.45) is 17.8 Å². The van der Waals surface area contributed by atoms with Crippen LogP contribution in [-0.4, -0.2) is 16.3 Å². The van der Waals surface area contributed by atoms with Gasteiger partial charge in [0.2, 0.25) is 0 Å². The van der Waals surface area contributed by atoms with Crippen molar-refractivity contribution in [2.75, 3.05) is 11.9 Å². The van der Waals surface area contributed by atoms with Crippen LogP contribution < -0.4 is 10.9 Å². The third kappa shape index (κ3) is 3.50. The van der Waals surface area contributed by atoms with Crippen molar-refractivity contribution in [1.82, 2.24) is 9.78 Å². The highest BCUT2D eigenvalue weighted by molar-refractivity contribution is 9.10. The van der Waals surface area contributed by atoms with Gasteiger partial charge in [-0.25, -0.2) is 4.68 Å². The van der Waals surface area contributed by atoms with Crippen molar-refractivity contribution in [1.29, 1.82) is 0 Å².